The Morgan fingerprint density at radius 2 is 2.00 bits per heavy atom. The highest BCUT2D eigenvalue weighted by molar-refractivity contribution is 5.94. The molecule has 1 aliphatic rings. The molecule has 0 aromatic heterocycles. The second kappa shape index (κ2) is 12.9. The van der Waals surface area contributed by atoms with E-state index in [9.17, 15) is 9.59 Å². The summed E-state index contributed by atoms with van der Waals surface area (Å²) < 4.78 is 0. The van der Waals surface area contributed by atoms with Gasteiger partial charge in [0.1, 0.15) is 0 Å². The highest BCUT2D eigenvalue weighted by Crippen LogP contribution is 2.09. The van der Waals surface area contributed by atoms with Crippen molar-refractivity contribution in [1.29, 1.82) is 0 Å². The van der Waals surface area contributed by atoms with Gasteiger partial charge >= 0.3 is 0 Å². The van der Waals surface area contributed by atoms with E-state index in [2.05, 4.69) is 16.0 Å². The molecule has 148 valence electrons. The number of benzene rings is 1. The van der Waals surface area contributed by atoms with Gasteiger partial charge in [-0.1, -0.05) is 12.1 Å². The second-order valence-electron chi connectivity index (χ2n) is 6.53. The van der Waals surface area contributed by atoms with Crippen molar-refractivity contribution in [2.24, 2.45) is 0 Å². The third-order valence-corrected chi connectivity index (χ3v) is 4.12. The minimum atomic E-state index is -0.0832. The van der Waals surface area contributed by atoms with Crippen LogP contribution in [0.25, 0.3) is 0 Å². The van der Waals surface area contributed by atoms with Crippen LogP contribution in [0.15, 0.2) is 24.3 Å². The van der Waals surface area contributed by atoms with E-state index in [0.29, 0.717) is 31.1 Å². The molecule has 3 N–H and O–H groups in total. The Morgan fingerprint density at radius 3 is 2.65 bits per heavy atom. The van der Waals surface area contributed by atoms with E-state index in [1.165, 1.54) is 0 Å². The smallest absolute Gasteiger partial charge is 0.251 e. The first-order valence-electron chi connectivity index (χ1n) is 8.56. The fourth-order valence-electron chi connectivity index (χ4n) is 2.75. The molecule has 1 atom stereocenters. The van der Waals surface area contributed by atoms with Crippen LogP contribution < -0.4 is 16.0 Å². The van der Waals surface area contributed by atoms with Crippen molar-refractivity contribution >= 4 is 36.6 Å². The topological polar surface area (TPSA) is 73.5 Å². The Balaban J connectivity index is 0.00000312. The quantitative estimate of drug-likeness (QED) is 0.614. The summed E-state index contributed by atoms with van der Waals surface area (Å²) in [5, 5.41) is 9.15. The first kappa shape index (κ1) is 24.7. The number of hydrogen-bond donors (Lipinski definition) is 3. The fourth-order valence-corrected chi connectivity index (χ4v) is 2.75. The largest absolute Gasteiger partial charge is 0.352 e. The molecule has 6 nitrogen and oxygen atoms in total. The van der Waals surface area contributed by atoms with Crippen LogP contribution in [0.2, 0.25) is 0 Å². The van der Waals surface area contributed by atoms with E-state index in [0.717, 1.165) is 31.5 Å². The molecular weight excluding hydrogens is 375 g/mol. The predicted molar refractivity (Wildman–Crippen MR) is 109 cm³/mol. The Labute approximate surface area is 168 Å². The van der Waals surface area contributed by atoms with E-state index < -0.39 is 0 Å². The Hall–Kier alpha value is -1.34. The summed E-state index contributed by atoms with van der Waals surface area (Å²) in [5.74, 6) is -0.0320. The molecule has 8 heteroatoms. The lowest BCUT2D eigenvalue weighted by molar-refractivity contribution is -0.121. The molecule has 2 amide bonds. The van der Waals surface area contributed by atoms with Gasteiger partial charge in [-0.05, 0) is 51.2 Å². The van der Waals surface area contributed by atoms with Gasteiger partial charge in [-0.15, -0.1) is 24.8 Å². The van der Waals surface area contributed by atoms with Gasteiger partial charge < -0.3 is 20.9 Å². The number of carbonyl (C=O) groups is 2. The minimum absolute atomic E-state index is 0. The van der Waals surface area contributed by atoms with Crippen molar-refractivity contribution < 1.29 is 9.59 Å². The van der Waals surface area contributed by atoms with Crippen molar-refractivity contribution in [3.8, 4) is 0 Å². The Kier molecular flexibility index (Phi) is 12.3. The molecule has 0 bridgehead atoms. The van der Waals surface area contributed by atoms with E-state index in [4.69, 9.17) is 0 Å². The highest BCUT2D eigenvalue weighted by Gasteiger charge is 2.17. The lowest BCUT2D eigenvalue weighted by atomic mass is 10.1. The molecule has 1 aromatic rings. The monoisotopic (exact) mass is 404 g/mol. The highest BCUT2D eigenvalue weighted by atomic mass is 35.5. The summed E-state index contributed by atoms with van der Waals surface area (Å²) in [6.45, 7) is 2.87. The van der Waals surface area contributed by atoms with Crippen LogP contribution in [-0.2, 0) is 11.3 Å². The van der Waals surface area contributed by atoms with Gasteiger partial charge in [0.15, 0.2) is 0 Å². The number of nitrogens with one attached hydrogen (secondary N) is 3. The summed E-state index contributed by atoms with van der Waals surface area (Å²) in [6, 6.07) is 7.70. The zero-order valence-corrected chi connectivity index (χ0v) is 17.0. The third kappa shape index (κ3) is 8.85. The molecule has 1 fully saturated rings. The van der Waals surface area contributed by atoms with Gasteiger partial charge in [-0.3, -0.25) is 9.59 Å². The van der Waals surface area contributed by atoms with Gasteiger partial charge in [-0.25, -0.2) is 0 Å². The molecule has 26 heavy (non-hydrogen) atoms. The first-order chi connectivity index (χ1) is 11.5. The van der Waals surface area contributed by atoms with Crippen LogP contribution >= 0.6 is 24.8 Å². The summed E-state index contributed by atoms with van der Waals surface area (Å²) in [7, 11) is 3.94. The Morgan fingerprint density at radius 1 is 1.23 bits per heavy atom. The molecule has 1 aliphatic heterocycles. The Bertz CT molecular complexity index is 564. The molecule has 0 radical (unpaired) electrons. The van der Waals surface area contributed by atoms with E-state index in [1.807, 2.05) is 37.2 Å². The summed E-state index contributed by atoms with van der Waals surface area (Å²) in [5.41, 5.74) is 1.56. The number of rotatable bonds is 8. The lowest BCUT2D eigenvalue weighted by Gasteiger charge is -2.12. The maximum absolute atomic E-state index is 12.1. The number of halogens is 2. The summed E-state index contributed by atoms with van der Waals surface area (Å²) in [4.78, 5) is 26.1. The number of likely N-dealkylation sites (N-methyl/N-ethyl adjacent to an activating group) is 1. The number of hydrogen-bond acceptors (Lipinski definition) is 4. The molecule has 0 spiro atoms. The molecule has 1 saturated heterocycles. The molecule has 2 rings (SSSR count). The van der Waals surface area contributed by atoms with Gasteiger partial charge in [0.2, 0.25) is 5.91 Å². The van der Waals surface area contributed by atoms with Crippen molar-refractivity contribution in [3.05, 3.63) is 35.4 Å². The third-order valence-electron chi connectivity index (χ3n) is 4.12. The van der Waals surface area contributed by atoms with Crippen LogP contribution in [0.1, 0.15) is 35.2 Å². The van der Waals surface area contributed by atoms with Gasteiger partial charge in [0.05, 0.1) is 0 Å². The second-order valence-corrected chi connectivity index (χ2v) is 6.53. The average Bonchev–Trinajstić information content (AvgIpc) is 3.05. The first-order valence-corrected chi connectivity index (χ1v) is 8.56. The maximum Gasteiger partial charge on any atom is 0.251 e. The minimum Gasteiger partial charge on any atom is -0.352 e. The molecule has 1 heterocycles. The van der Waals surface area contributed by atoms with Gasteiger partial charge in [0.25, 0.3) is 5.91 Å². The molecule has 0 saturated carbocycles. The zero-order chi connectivity index (χ0) is 17.4. The number of nitrogens with zero attached hydrogens (tertiary/aromatic N) is 1. The van der Waals surface area contributed by atoms with Gasteiger partial charge in [-0.2, -0.15) is 0 Å². The van der Waals surface area contributed by atoms with E-state index in [1.54, 1.807) is 6.07 Å². The van der Waals surface area contributed by atoms with Crippen molar-refractivity contribution in [2.75, 3.05) is 33.7 Å². The normalized spacial score (nSPS) is 15.7. The van der Waals surface area contributed by atoms with Crippen LogP contribution in [0.3, 0.4) is 0 Å². The van der Waals surface area contributed by atoms with Crippen molar-refractivity contribution in [3.63, 3.8) is 0 Å². The number of carbonyl (C=O) groups excluding carboxylic acids is 2. The van der Waals surface area contributed by atoms with Crippen molar-refractivity contribution in [1.82, 2.24) is 20.9 Å². The molecule has 1 unspecified atom stereocenters. The maximum atomic E-state index is 12.1. The van der Waals surface area contributed by atoms with Crippen LogP contribution in [0.5, 0.6) is 0 Å². The fraction of sp³-hybridized carbons (Fsp3) is 0.556. The van der Waals surface area contributed by atoms with E-state index in [-0.39, 0.29) is 36.6 Å². The van der Waals surface area contributed by atoms with Crippen LogP contribution in [0, 0.1) is 0 Å². The van der Waals surface area contributed by atoms with Gasteiger partial charge in [0, 0.05) is 37.7 Å². The van der Waals surface area contributed by atoms with Crippen molar-refractivity contribution in [2.45, 2.75) is 31.8 Å². The molecular formula is C18H30Cl2N4O2. The molecule has 1 aromatic carbocycles. The van der Waals surface area contributed by atoms with E-state index >= 15 is 0 Å². The zero-order valence-electron chi connectivity index (χ0n) is 15.4. The standard InChI is InChI=1S/C18H28N4O2.2ClH/c1-22(2)10-9-20-18(24)15-6-3-5-14(11-15)13-21-17(23)12-16-7-4-8-19-16;;/h3,5-6,11,16,19H,4,7-10,12-13H2,1-2H3,(H,20,24)(H,21,23);2*1H. The number of amides is 2. The summed E-state index contributed by atoms with van der Waals surface area (Å²) >= 11 is 0. The predicted octanol–water partition coefficient (Wildman–Crippen LogP) is 1.58. The van der Waals surface area contributed by atoms with Crippen LogP contribution in [-0.4, -0.2) is 56.5 Å². The average molecular weight is 405 g/mol. The SMILES string of the molecule is CN(C)CCNC(=O)c1cccc(CNC(=O)CC2CCCN2)c1.Cl.Cl. The molecule has 0 aliphatic carbocycles. The van der Waals surface area contributed by atoms with Crippen LogP contribution in [0.4, 0.5) is 0 Å². The summed E-state index contributed by atoms with van der Waals surface area (Å²) in [6.07, 6.45) is 2.73. The lowest BCUT2D eigenvalue weighted by Crippen LogP contribution is -2.32.